The molecule has 8 heteroatoms. The number of nitriles is 1. The molecule has 0 amide bonds. The fourth-order valence-electron chi connectivity index (χ4n) is 2.22. The van der Waals surface area contributed by atoms with Gasteiger partial charge in [-0.3, -0.25) is 0 Å². The highest BCUT2D eigenvalue weighted by molar-refractivity contribution is 5.91. The third-order valence-corrected chi connectivity index (χ3v) is 3.40. The lowest BCUT2D eigenvalue weighted by molar-refractivity contribution is 0.0525. The molecule has 22 heavy (non-hydrogen) atoms. The smallest absolute Gasteiger partial charge is 0.340 e. The zero-order valence-corrected chi connectivity index (χ0v) is 14.2. The third kappa shape index (κ3) is 4.01. The van der Waals surface area contributed by atoms with Crippen LogP contribution < -0.4 is 10.6 Å². The number of esters is 1. The van der Waals surface area contributed by atoms with E-state index in [1.54, 1.807) is 19.9 Å². The first kappa shape index (κ1) is 20.5. The van der Waals surface area contributed by atoms with Gasteiger partial charge < -0.3 is 15.4 Å². The molecule has 0 unspecified atom stereocenters. The number of nitrogens with zero attached hydrogens (tertiary/aromatic N) is 3. The van der Waals surface area contributed by atoms with E-state index < -0.39 is 5.97 Å². The van der Waals surface area contributed by atoms with E-state index in [0.29, 0.717) is 41.7 Å². The van der Waals surface area contributed by atoms with Crippen LogP contribution in [0.4, 0.5) is 5.82 Å². The Balaban J connectivity index is 0.00000220. The zero-order chi connectivity index (χ0) is 14.7. The first-order valence-corrected chi connectivity index (χ1v) is 6.64. The summed E-state index contributed by atoms with van der Waals surface area (Å²) in [4.78, 5) is 18.2. The number of aromatic nitrogens is 1. The number of carbonyl (C=O) groups is 1. The van der Waals surface area contributed by atoms with E-state index in [-0.39, 0.29) is 24.8 Å². The Morgan fingerprint density at radius 3 is 2.68 bits per heavy atom. The summed E-state index contributed by atoms with van der Waals surface area (Å²) in [5.41, 5.74) is 6.92. The lowest BCUT2D eigenvalue weighted by atomic mass is 9.99. The van der Waals surface area contributed by atoms with Crippen molar-refractivity contribution in [2.45, 2.75) is 13.8 Å². The Morgan fingerprint density at radius 1 is 1.55 bits per heavy atom. The lowest BCUT2D eigenvalue weighted by Gasteiger charge is -2.40. The van der Waals surface area contributed by atoms with Gasteiger partial charge in [-0.15, -0.1) is 24.8 Å². The molecule has 1 aromatic rings. The predicted molar refractivity (Wildman–Crippen MR) is 88.9 cm³/mol. The molecule has 6 nitrogen and oxygen atoms in total. The number of rotatable bonds is 4. The van der Waals surface area contributed by atoms with Crippen LogP contribution in [0.15, 0.2) is 6.07 Å². The Morgan fingerprint density at radius 2 is 2.18 bits per heavy atom. The van der Waals surface area contributed by atoms with Crippen molar-refractivity contribution in [3.63, 3.8) is 0 Å². The van der Waals surface area contributed by atoms with Gasteiger partial charge in [-0.2, -0.15) is 5.26 Å². The van der Waals surface area contributed by atoms with Gasteiger partial charge in [0.1, 0.15) is 11.9 Å². The van der Waals surface area contributed by atoms with Gasteiger partial charge in [0, 0.05) is 19.0 Å². The molecule has 122 valence electrons. The molecular formula is C14H20Cl2N4O2. The molecule has 1 aliphatic rings. The molecule has 0 spiro atoms. The topological polar surface area (TPSA) is 92.2 Å². The first-order valence-electron chi connectivity index (χ1n) is 6.64. The maximum Gasteiger partial charge on any atom is 0.340 e. The van der Waals surface area contributed by atoms with E-state index in [2.05, 4.69) is 11.1 Å². The summed E-state index contributed by atoms with van der Waals surface area (Å²) >= 11 is 0. The van der Waals surface area contributed by atoms with Crippen molar-refractivity contribution in [3.8, 4) is 6.07 Å². The van der Waals surface area contributed by atoms with Crippen molar-refractivity contribution in [1.29, 1.82) is 5.26 Å². The molecule has 0 aliphatic carbocycles. The summed E-state index contributed by atoms with van der Waals surface area (Å²) in [6.45, 7) is 6.03. The van der Waals surface area contributed by atoms with E-state index in [9.17, 15) is 10.1 Å². The van der Waals surface area contributed by atoms with E-state index in [1.165, 1.54) is 0 Å². The number of ether oxygens (including phenoxy) is 1. The molecule has 1 aliphatic heterocycles. The molecule has 0 aromatic carbocycles. The number of hydrogen-bond donors (Lipinski definition) is 1. The minimum Gasteiger partial charge on any atom is -0.462 e. The maximum absolute atomic E-state index is 11.8. The summed E-state index contributed by atoms with van der Waals surface area (Å²) in [7, 11) is 0. The summed E-state index contributed by atoms with van der Waals surface area (Å²) in [6, 6.07) is 3.66. The van der Waals surface area contributed by atoms with Crippen LogP contribution in [0.25, 0.3) is 0 Å². The minimum absolute atomic E-state index is 0. The van der Waals surface area contributed by atoms with Crippen LogP contribution >= 0.6 is 24.8 Å². The van der Waals surface area contributed by atoms with Crippen LogP contribution in [0, 0.1) is 24.2 Å². The van der Waals surface area contributed by atoms with Crippen LogP contribution in [0.3, 0.4) is 0 Å². The number of carbonyl (C=O) groups excluding carboxylic acids is 1. The molecular weight excluding hydrogens is 327 g/mol. The third-order valence-electron chi connectivity index (χ3n) is 3.40. The quantitative estimate of drug-likeness (QED) is 0.833. The fraction of sp³-hybridized carbons (Fsp3) is 0.500. The normalized spacial score (nSPS) is 13.3. The Hall–Kier alpha value is -1.55. The molecule has 1 fully saturated rings. The van der Waals surface area contributed by atoms with Gasteiger partial charge in [0.05, 0.1) is 23.4 Å². The average Bonchev–Trinajstić information content (AvgIpc) is 2.38. The van der Waals surface area contributed by atoms with Gasteiger partial charge in [-0.25, -0.2) is 9.78 Å². The highest BCUT2D eigenvalue weighted by Crippen LogP contribution is 2.27. The van der Waals surface area contributed by atoms with Gasteiger partial charge in [0.25, 0.3) is 0 Å². The maximum atomic E-state index is 11.8. The van der Waals surface area contributed by atoms with Gasteiger partial charge in [-0.05, 0) is 26.5 Å². The van der Waals surface area contributed by atoms with Crippen LogP contribution in [0.1, 0.15) is 28.5 Å². The standard InChI is InChI=1S/C14H18N4O2.2ClH/c1-3-20-14(19)12-4-11(6-16)13(17-9(12)2)18-7-10(5-15)8-18;;/h4,10H,3,5,7-8,15H2,1-2H3;2*1H. The summed E-state index contributed by atoms with van der Waals surface area (Å²) in [5, 5.41) is 9.24. The average molecular weight is 347 g/mol. The van der Waals surface area contributed by atoms with Crippen molar-refractivity contribution in [2.75, 3.05) is 31.1 Å². The molecule has 1 saturated heterocycles. The highest BCUT2D eigenvalue weighted by Gasteiger charge is 2.29. The molecule has 0 atom stereocenters. The van der Waals surface area contributed by atoms with Gasteiger partial charge in [-0.1, -0.05) is 0 Å². The van der Waals surface area contributed by atoms with E-state index in [0.717, 1.165) is 13.1 Å². The van der Waals surface area contributed by atoms with Crippen molar-refractivity contribution < 1.29 is 9.53 Å². The number of anilines is 1. The van der Waals surface area contributed by atoms with Crippen molar-refractivity contribution in [1.82, 2.24) is 4.98 Å². The molecule has 2 heterocycles. The summed E-state index contributed by atoms with van der Waals surface area (Å²) in [5.74, 6) is 0.639. The largest absolute Gasteiger partial charge is 0.462 e. The lowest BCUT2D eigenvalue weighted by Crippen LogP contribution is -2.50. The number of aryl methyl sites for hydroxylation is 1. The van der Waals surface area contributed by atoms with Gasteiger partial charge in [0.15, 0.2) is 0 Å². The van der Waals surface area contributed by atoms with Crippen molar-refractivity contribution in [2.24, 2.45) is 11.7 Å². The van der Waals surface area contributed by atoms with Crippen molar-refractivity contribution in [3.05, 3.63) is 22.9 Å². The van der Waals surface area contributed by atoms with Crippen LogP contribution in [0.2, 0.25) is 0 Å². The van der Waals surface area contributed by atoms with Crippen molar-refractivity contribution >= 4 is 36.6 Å². The second-order valence-electron chi connectivity index (χ2n) is 4.83. The fourth-order valence-corrected chi connectivity index (χ4v) is 2.22. The molecule has 0 saturated carbocycles. The number of hydrogen-bond acceptors (Lipinski definition) is 6. The number of nitrogens with two attached hydrogens (primary N) is 1. The molecule has 0 radical (unpaired) electrons. The van der Waals surface area contributed by atoms with E-state index in [4.69, 9.17) is 10.5 Å². The van der Waals surface area contributed by atoms with Crippen LogP contribution in [-0.2, 0) is 4.74 Å². The number of pyridine rings is 1. The molecule has 1 aromatic heterocycles. The first-order chi connectivity index (χ1) is 9.60. The second kappa shape index (κ2) is 8.79. The highest BCUT2D eigenvalue weighted by atomic mass is 35.5. The number of halogens is 2. The summed E-state index contributed by atoms with van der Waals surface area (Å²) in [6.07, 6.45) is 0. The summed E-state index contributed by atoms with van der Waals surface area (Å²) < 4.78 is 4.96. The monoisotopic (exact) mass is 346 g/mol. The van der Waals surface area contributed by atoms with Gasteiger partial charge >= 0.3 is 5.97 Å². The van der Waals surface area contributed by atoms with E-state index in [1.807, 2.05) is 4.90 Å². The zero-order valence-electron chi connectivity index (χ0n) is 12.5. The minimum atomic E-state index is -0.441. The predicted octanol–water partition coefficient (Wildman–Crippen LogP) is 1.68. The SMILES string of the molecule is CCOC(=O)c1cc(C#N)c(N2CC(CN)C2)nc1C.Cl.Cl. The Kier molecular flexibility index (Phi) is 8.17. The Labute approximate surface area is 142 Å². The van der Waals surface area contributed by atoms with Gasteiger partial charge in [0.2, 0.25) is 0 Å². The molecule has 2 N–H and O–H groups in total. The van der Waals surface area contributed by atoms with Crippen LogP contribution in [0.5, 0.6) is 0 Å². The van der Waals surface area contributed by atoms with Crippen LogP contribution in [-0.4, -0.2) is 37.2 Å². The Bertz CT molecular complexity index is 569. The van der Waals surface area contributed by atoms with E-state index >= 15 is 0 Å². The second-order valence-corrected chi connectivity index (χ2v) is 4.83. The molecule has 2 rings (SSSR count). The molecule has 0 bridgehead atoms.